The largest absolute Gasteiger partial charge is 0.376 e. The second-order valence-corrected chi connectivity index (χ2v) is 7.07. The summed E-state index contributed by atoms with van der Waals surface area (Å²) in [7, 11) is 0. The number of rotatable bonds is 5. The van der Waals surface area contributed by atoms with Gasteiger partial charge in [0, 0.05) is 24.7 Å². The highest BCUT2D eigenvalue weighted by molar-refractivity contribution is 7.71. The number of aromatic nitrogens is 3. The molecule has 1 atom stereocenters. The van der Waals surface area contributed by atoms with Gasteiger partial charge in [-0.15, -0.1) is 0 Å². The van der Waals surface area contributed by atoms with Crippen LogP contribution in [0.4, 0.5) is 0 Å². The molecule has 0 radical (unpaired) electrons. The van der Waals surface area contributed by atoms with Crippen molar-refractivity contribution in [3.63, 3.8) is 0 Å². The molecule has 2 aliphatic rings. The zero-order valence-electron chi connectivity index (χ0n) is 14.1. The molecule has 0 bridgehead atoms. The maximum absolute atomic E-state index is 5.77. The van der Waals surface area contributed by atoms with Crippen molar-refractivity contribution in [2.24, 2.45) is 0 Å². The van der Waals surface area contributed by atoms with Crippen LogP contribution < -0.4 is 0 Å². The van der Waals surface area contributed by atoms with Gasteiger partial charge in [-0.1, -0.05) is 25.1 Å². The van der Waals surface area contributed by atoms with Crippen molar-refractivity contribution in [3.8, 4) is 5.69 Å². The third-order valence-electron chi connectivity index (χ3n) is 4.83. The molecule has 5 nitrogen and oxygen atoms in total. The van der Waals surface area contributed by atoms with Crippen molar-refractivity contribution in [1.29, 1.82) is 0 Å². The van der Waals surface area contributed by atoms with Crippen molar-refractivity contribution in [1.82, 2.24) is 19.2 Å². The Morgan fingerprint density at radius 3 is 2.75 bits per heavy atom. The van der Waals surface area contributed by atoms with Gasteiger partial charge in [0.2, 0.25) is 4.77 Å². The first-order valence-corrected chi connectivity index (χ1v) is 9.26. The molecule has 1 aliphatic heterocycles. The first-order chi connectivity index (χ1) is 11.8. The van der Waals surface area contributed by atoms with Gasteiger partial charge in [0.05, 0.1) is 19.4 Å². The molecule has 0 amide bonds. The molecular weight excluding hydrogens is 320 g/mol. The van der Waals surface area contributed by atoms with E-state index in [0.29, 0.717) is 12.0 Å². The molecule has 1 aromatic heterocycles. The highest BCUT2D eigenvalue weighted by Gasteiger charge is 2.31. The summed E-state index contributed by atoms with van der Waals surface area (Å²) in [5.74, 6) is 1.67. The minimum Gasteiger partial charge on any atom is -0.376 e. The molecule has 6 heteroatoms. The Hall–Kier alpha value is -1.50. The summed E-state index contributed by atoms with van der Waals surface area (Å²) in [5, 5.41) is 4.89. The molecule has 128 valence electrons. The molecule has 1 saturated heterocycles. The number of para-hydroxylation sites is 1. The molecule has 0 spiro atoms. The number of hydrogen-bond donors (Lipinski definition) is 0. The maximum atomic E-state index is 5.77. The fourth-order valence-corrected chi connectivity index (χ4v) is 3.59. The Balaban J connectivity index is 1.64. The van der Waals surface area contributed by atoms with E-state index in [9.17, 15) is 0 Å². The van der Waals surface area contributed by atoms with E-state index in [1.165, 1.54) is 12.8 Å². The zero-order chi connectivity index (χ0) is 16.5. The van der Waals surface area contributed by atoms with Crippen LogP contribution in [0.2, 0.25) is 0 Å². The number of morpholine rings is 1. The molecule has 2 aromatic rings. The highest BCUT2D eigenvalue weighted by atomic mass is 32.1. The van der Waals surface area contributed by atoms with Crippen molar-refractivity contribution in [2.75, 3.05) is 19.7 Å². The Bertz CT molecular complexity index is 750. The van der Waals surface area contributed by atoms with Crippen LogP contribution in [0.5, 0.6) is 0 Å². The minimum absolute atomic E-state index is 0.326. The smallest absolute Gasteiger partial charge is 0.203 e. The van der Waals surface area contributed by atoms with Gasteiger partial charge in [0.25, 0.3) is 0 Å². The lowest BCUT2D eigenvalue weighted by atomic mass is 10.2. The number of ether oxygens (including phenoxy) is 1. The van der Waals surface area contributed by atoms with Gasteiger partial charge in [-0.05, 0) is 43.6 Å². The summed E-state index contributed by atoms with van der Waals surface area (Å²) < 4.78 is 10.7. The van der Waals surface area contributed by atoms with E-state index >= 15 is 0 Å². The summed E-state index contributed by atoms with van der Waals surface area (Å²) in [5.41, 5.74) is 1.11. The Labute approximate surface area is 147 Å². The van der Waals surface area contributed by atoms with Crippen LogP contribution in [0.3, 0.4) is 0 Å². The molecule has 1 aromatic carbocycles. The quantitative estimate of drug-likeness (QED) is 0.779. The van der Waals surface area contributed by atoms with Crippen LogP contribution in [0, 0.1) is 4.77 Å². The first kappa shape index (κ1) is 16.0. The molecule has 4 rings (SSSR count). The van der Waals surface area contributed by atoms with Crippen LogP contribution in [0.15, 0.2) is 30.3 Å². The second-order valence-electron chi connectivity index (χ2n) is 6.71. The van der Waals surface area contributed by atoms with Gasteiger partial charge in [0.1, 0.15) is 5.82 Å². The second kappa shape index (κ2) is 6.78. The van der Waals surface area contributed by atoms with Crippen LogP contribution in [-0.2, 0) is 11.4 Å². The van der Waals surface area contributed by atoms with E-state index in [4.69, 9.17) is 22.1 Å². The third kappa shape index (κ3) is 3.18. The van der Waals surface area contributed by atoms with Crippen LogP contribution >= 0.6 is 12.2 Å². The van der Waals surface area contributed by atoms with Crippen LogP contribution in [0.1, 0.15) is 37.9 Å². The number of hydrogen-bond acceptors (Lipinski definition) is 4. The molecule has 1 saturated carbocycles. The van der Waals surface area contributed by atoms with Crippen molar-refractivity contribution in [2.45, 2.75) is 44.9 Å². The van der Waals surface area contributed by atoms with E-state index in [-0.39, 0.29) is 0 Å². The van der Waals surface area contributed by atoms with E-state index in [1.807, 2.05) is 10.7 Å². The van der Waals surface area contributed by atoms with Crippen molar-refractivity contribution < 1.29 is 4.74 Å². The minimum atomic E-state index is 0.326. The average molecular weight is 344 g/mol. The van der Waals surface area contributed by atoms with E-state index < -0.39 is 0 Å². The van der Waals surface area contributed by atoms with E-state index in [0.717, 1.165) is 49.1 Å². The lowest BCUT2D eigenvalue weighted by Crippen LogP contribution is -2.43. The Kier molecular flexibility index (Phi) is 4.52. The fraction of sp³-hybridized carbons (Fsp3) is 0.556. The van der Waals surface area contributed by atoms with Gasteiger partial charge in [0.15, 0.2) is 0 Å². The predicted molar refractivity (Wildman–Crippen MR) is 96.0 cm³/mol. The topological polar surface area (TPSA) is 35.2 Å². The molecule has 1 aliphatic carbocycles. The van der Waals surface area contributed by atoms with E-state index in [2.05, 4.69) is 40.7 Å². The van der Waals surface area contributed by atoms with Crippen molar-refractivity contribution >= 4 is 12.2 Å². The Morgan fingerprint density at radius 1 is 1.25 bits per heavy atom. The lowest BCUT2D eigenvalue weighted by molar-refractivity contribution is -0.0412. The molecule has 24 heavy (non-hydrogen) atoms. The van der Waals surface area contributed by atoms with Gasteiger partial charge >= 0.3 is 0 Å². The first-order valence-electron chi connectivity index (χ1n) is 8.85. The molecule has 0 N–H and O–H groups in total. The fourth-order valence-electron chi connectivity index (χ4n) is 3.29. The average Bonchev–Trinajstić information content (AvgIpc) is 3.41. The SMILES string of the molecule is CCC1CN(Cn2nc(C3CC3)n(-c3ccccc3)c2=S)CCO1. The maximum Gasteiger partial charge on any atom is 0.203 e. The summed E-state index contributed by atoms with van der Waals surface area (Å²) in [6.07, 6.45) is 3.81. The van der Waals surface area contributed by atoms with Gasteiger partial charge in [-0.3, -0.25) is 9.47 Å². The monoisotopic (exact) mass is 344 g/mol. The summed E-state index contributed by atoms with van der Waals surface area (Å²) in [4.78, 5) is 2.40. The normalized spacial score (nSPS) is 22.0. The lowest BCUT2D eigenvalue weighted by Gasteiger charge is -2.32. The van der Waals surface area contributed by atoms with E-state index in [1.54, 1.807) is 0 Å². The Morgan fingerprint density at radius 2 is 2.04 bits per heavy atom. The van der Waals surface area contributed by atoms with Gasteiger partial charge in [-0.25, -0.2) is 4.68 Å². The third-order valence-corrected chi connectivity index (χ3v) is 5.23. The molecule has 1 unspecified atom stereocenters. The number of benzene rings is 1. The number of nitrogens with zero attached hydrogens (tertiary/aromatic N) is 4. The summed E-state index contributed by atoms with van der Waals surface area (Å²) in [6, 6.07) is 10.4. The zero-order valence-corrected chi connectivity index (χ0v) is 14.9. The predicted octanol–water partition coefficient (Wildman–Crippen LogP) is 3.35. The van der Waals surface area contributed by atoms with Crippen LogP contribution in [-0.4, -0.2) is 45.0 Å². The van der Waals surface area contributed by atoms with Gasteiger partial charge in [-0.2, -0.15) is 5.10 Å². The van der Waals surface area contributed by atoms with Crippen LogP contribution in [0.25, 0.3) is 5.69 Å². The standard InChI is InChI=1S/C18H24N4OS/c1-2-16-12-20(10-11-23-16)13-21-18(24)22(15-6-4-3-5-7-15)17(19-21)14-8-9-14/h3-7,14,16H,2,8-13H2,1H3. The molecular formula is C18H24N4OS. The van der Waals surface area contributed by atoms with Gasteiger partial charge < -0.3 is 4.74 Å². The summed E-state index contributed by atoms with van der Waals surface area (Å²) in [6.45, 7) is 5.61. The molecule has 2 fully saturated rings. The highest BCUT2D eigenvalue weighted by Crippen LogP contribution is 2.40. The van der Waals surface area contributed by atoms with Crippen molar-refractivity contribution in [3.05, 3.63) is 40.9 Å². The summed E-state index contributed by atoms with van der Waals surface area (Å²) >= 11 is 5.77. The molecule has 2 heterocycles.